The van der Waals surface area contributed by atoms with Gasteiger partial charge in [-0.25, -0.2) is 13.1 Å². The molecule has 6 aromatic rings. The molecule has 59 heavy (non-hydrogen) atoms. The number of hydrogen-bond donors (Lipinski definition) is 3. The molecule has 0 saturated carbocycles. The second-order valence-corrected chi connectivity index (χ2v) is 16.8. The number of carbonyl (C=O) groups is 1. The molecule has 0 radical (unpaired) electrons. The number of nitrogens with zero attached hydrogens (tertiary/aromatic N) is 3. The molecule has 1 aromatic heterocycles. The molecular weight excluding hydrogens is 792 g/mol. The lowest BCUT2D eigenvalue weighted by Crippen LogP contribution is -2.46. The van der Waals surface area contributed by atoms with Crippen LogP contribution in [0.2, 0.25) is 5.02 Å². The molecule has 0 aliphatic carbocycles. The summed E-state index contributed by atoms with van der Waals surface area (Å²) in [5.74, 6) is -0.0400. The summed E-state index contributed by atoms with van der Waals surface area (Å²) >= 11 is 6.15. The molecule has 0 atom stereocenters. The number of hydrogen-bond acceptors (Lipinski definition) is 10. The van der Waals surface area contributed by atoms with Gasteiger partial charge in [-0.3, -0.25) is 19.8 Å². The highest BCUT2D eigenvalue weighted by Crippen LogP contribution is 2.36. The van der Waals surface area contributed by atoms with Gasteiger partial charge in [0.15, 0.2) is 0 Å². The molecule has 1 amide bonds. The van der Waals surface area contributed by atoms with Crippen LogP contribution in [0.25, 0.3) is 22.0 Å². The maximum absolute atomic E-state index is 13.9. The van der Waals surface area contributed by atoms with Crippen LogP contribution in [0.15, 0.2) is 120 Å². The molecule has 13 nitrogen and oxygen atoms in total. The van der Waals surface area contributed by atoms with Crippen LogP contribution in [0.3, 0.4) is 0 Å². The Morgan fingerprint density at radius 1 is 0.898 bits per heavy atom. The summed E-state index contributed by atoms with van der Waals surface area (Å²) in [5, 5.41) is 16.6. The van der Waals surface area contributed by atoms with Gasteiger partial charge in [0, 0.05) is 92.4 Å². The number of sulfonamides is 1. The average molecular weight is 835 g/mol. The molecule has 5 aromatic carbocycles. The van der Waals surface area contributed by atoms with Crippen molar-refractivity contribution < 1.29 is 27.6 Å². The number of anilines is 2. The quantitative estimate of drug-likeness (QED) is 0.0761. The Balaban J connectivity index is 1.01. The monoisotopic (exact) mass is 834 g/mol. The number of piperazine rings is 1. The standard InChI is InChI=1S/C44H43ClN6O7S/c45-33-10-8-31(9-11-33)36-5-2-1-4-32(36)29-49-20-22-50(23-21-49)34-12-14-38(43(26-34)58-42-7-3-6-39-37(42)16-19-46-39)44(52)48-59(55,56)35-13-15-40(41(27-35)51(53)54)47-28-30-17-24-57-25-18-30/h1-16,19,26-27,30,46-47H,17-18,20-25,28-29H2,(H,48,52). The zero-order valence-corrected chi connectivity index (χ0v) is 33.7. The maximum atomic E-state index is 13.9. The minimum absolute atomic E-state index is 0.0217. The van der Waals surface area contributed by atoms with E-state index in [1.807, 2.05) is 48.5 Å². The summed E-state index contributed by atoms with van der Waals surface area (Å²) in [6, 6.07) is 32.2. The van der Waals surface area contributed by atoms with Crippen LogP contribution < -0.4 is 19.7 Å². The number of halogens is 1. The van der Waals surface area contributed by atoms with Gasteiger partial charge in [0.25, 0.3) is 21.6 Å². The fourth-order valence-corrected chi connectivity index (χ4v) is 8.75. The van der Waals surface area contributed by atoms with Gasteiger partial charge in [0.05, 0.1) is 15.4 Å². The van der Waals surface area contributed by atoms with Gasteiger partial charge in [0.2, 0.25) is 0 Å². The van der Waals surface area contributed by atoms with Gasteiger partial charge in [-0.05, 0) is 90.0 Å². The van der Waals surface area contributed by atoms with Crippen molar-refractivity contribution in [2.45, 2.75) is 24.3 Å². The minimum atomic E-state index is -4.55. The molecule has 3 N–H and O–H groups in total. The van der Waals surface area contributed by atoms with E-state index in [1.165, 1.54) is 17.7 Å². The normalized spacial score (nSPS) is 15.2. The predicted molar refractivity (Wildman–Crippen MR) is 229 cm³/mol. The third kappa shape index (κ3) is 9.21. The Hall–Kier alpha value is -5.93. The largest absolute Gasteiger partial charge is 0.456 e. The van der Waals surface area contributed by atoms with Crippen LogP contribution in [0, 0.1) is 16.0 Å². The third-order valence-corrected chi connectivity index (χ3v) is 12.5. The molecule has 0 unspecified atom stereocenters. The molecule has 2 saturated heterocycles. The highest BCUT2D eigenvalue weighted by molar-refractivity contribution is 7.90. The molecule has 0 bridgehead atoms. The lowest BCUT2D eigenvalue weighted by molar-refractivity contribution is -0.384. The Morgan fingerprint density at radius 3 is 2.46 bits per heavy atom. The van der Waals surface area contributed by atoms with E-state index in [-0.39, 0.29) is 22.9 Å². The van der Waals surface area contributed by atoms with E-state index in [1.54, 1.807) is 30.5 Å². The number of nitrogens with one attached hydrogen (secondary N) is 3. The zero-order chi connectivity index (χ0) is 40.9. The predicted octanol–water partition coefficient (Wildman–Crippen LogP) is 8.47. The first-order chi connectivity index (χ1) is 28.6. The minimum Gasteiger partial charge on any atom is -0.456 e. The molecular formula is C44H43ClN6O7S. The lowest BCUT2D eigenvalue weighted by atomic mass is 9.99. The zero-order valence-electron chi connectivity index (χ0n) is 32.1. The topological polar surface area (TPSA) is 159 Å². The van der Waals surface area contributed by atoms with Gasteiger partial charge in [-0.15, -0.1) is 0 Å². The number of rotatable bonds is 13. The van der Waals surface area contributed by atoms with Crippen molar-refractivity contribution in [3.63, 3.8) is 0 Å². The first kappa shape index (κ1) is 39.9. The fourth-order valence-electron chi connectivity index (χ4n) is 7.64. The molecule has 8 rings (SSSR count). The van der Waals surface area contributed by atoms with Crippen molar-refractivity contribution in [3.8, 4) is 22.6 Å². The summed E-state index contributed by atoms with van der Waals surface area (Å²) in [5.41, 5.74) is 4.88. The summed E-state index contributed by atoms with van der Waals surface area (Å²) in [6.07, 6.45) is 3.43. The van der Waals surface area contributed by atoms with E-state index in [0.717, 1.165) is 66.3 Å². The van der Waals surface area contributed by atoms with Crippen molar-refractivity contribution >= 4 is 55.5 Å². The average Bonchev–Trinajstić information content (AvgIpc) is 3.74. The second-order valence-electron chi connectivity index (χ2n) is 14.7. The van der Waals surface area contributed by atoms with E-state index in [2.05, 4.69) is 43.0 Å². The molecule has 2 fully saturated rings. The lowest BCUT2D eigenvalue weighted by Gasteiger charge is -2.36. The number of ether oxygens (including phenoxy) is 2. The van der Waals surface area contributed by atoms with Crippen molar-refractivity contribution in [1.82, 2.24) is 14.6 Å². The molecule has 15 heteroatoms. The Morgan fingerprint density at radius 2 is 1.68 bits per heavy atom. The van der Waals surface area contributed by atoms with Crippen LogP contribution >= 0.6 is 11.6 Å². The summed E-state index contributed by atoms with van der Waals surface area (Å²) in [7, 11) is -4.55. The van der Waals surface area contributed by atoms with Gasteiger partial charge in [-0.2, -0.15) is 0 Å². The first-order valence-corrected chi connectivity index (χ1v) is 21.3. The number of aromatic amines is 1. The summed E-state index contributed by atoms with van der Waals surface area (Å²) in [6.45, 7) is 5.48. The molecule has 304 valence electrons. The van der Waals surface area contributed by atoms with Gasteiger partial charge < -0.3 is 24.7 Å². The van der Waals surface area contributed by atoms with E-state index < -0.39 is 31.4 Å². The Kier molecular flexibility index (Phi) is 11.8. The number of fused-ring (bicyclic) bond motifs is 1. The number of nitro benzene ring substituents is 1. The Labute approximate surface area is 347 Å². The van der Waals surface area contributed by atoms with E-state index in [0.29, 0.717) is 43.6 Å². The second kappa shape index (κ2) is 17.5. The van der Waals surface area contributed by atoms with Crippen molar-refractivity contribution in [2.24, 2.45) is 5.92 Å². The SMILES string of the molecule is O=C(NS(=O)(=O)c1ccc(NCC2CCOCC2)c([N+](=O)[O-])c1)c1ccc(N2CCN(Cc3ccccc3-c3ccc(Cl)cc3)CC2)cc1Oc1cccc2[nH]ccc12. The highest BCUT2D eigenvalue weighted by Gasteiger charge is 2.27. The summed E-state index contributed by atoms with van der Waals surface area (Å²) < 4.78 is 41.3. The van der Waals surface area contributed by atoms with Crippen LogP contribution in [-0.4, -0.2) is 75.1 Å². The van der Waals surface area contributed by atoms with Crippen LogP contribution in [0.5, 0.6) is 11.5 Å². The molecule has 3 heterocycles. The number of H-pyrrole nitrogens is 1. The van der Waals surface area contributed by atoms with E-state index >= 15 is 0 Å². The fraction of sp³-hybridized carbons (Fsp3) is 0.250. The van der Waals surface area contributed by atoms with Gasteiger partial charge in [-0.1, -0.05) is 54.1 Å². The number of benzene rings is 5. The number of nitro groups is 1. The van der Waals surface area contributed by atoms with E-state index in [9.17, 15) is 23.3 Å². The molecule has 2 aliphatic rings. The number of carbonyl (C=O) groups excluding carboxylic acids is 1. The van der Waals surface area contributed by atoms with Crippen LogP contribution in [0.4, 0.5) is 17.1 Å². The smallest absolute Gasteiger partial charge is 0.293 e. The van der Waals surface area contributed by atoms with Crippen molar-refractivity contribution in [1.29, 1.82) is 0 Å². The van der Waals surface area contributed by atoms with Crippen LogP contribution in [-0.2, 0) is 21.3 Å². The third-order valence-electron chi connectivity index (χ3n) is 10.9. The van der Waals surface area contributed by atoms with E-state index in [4.69, 9.17) is 21.1 Å². The molecule has 0 spiro atoms. The van der Waals surface area contributed by atoms with Crippen molar-refractivity contribution in [2.75, 3.05) is 56.2 Å². The first-order valence-electron chi connectivity index (χ1n) is 19.5. The summed E-state index contributed by atoms with van der Waals surface area (Å²) in [4.78, 5) is 32.7. The van der Waals surface area contributed by atoms with Crippen LogP contribution in [0.1, 0.15) is 28.8 Å². The number of amides is 1. The van der Waals surface area contributed by atoms with Crippen molar-refractivity contribution in [3.05, 3.63) is 142 Å². The Bertz CT molecular complexity index is 2590. The van der Waals surface area contributed by atoms with Gasteiger partial charge in [0.1, 0.15) is 17.2 Å². The highest BCUT2D eigenvalue weighted by atomic mass is 35.5. The van der Waals surface area contributed by atoms with Gasteiger partial charge >= 0.3 is 0 Å². The maximum Gasteiger partial charge on any atom is 0.293 e. The number of aromatic nitrogens is 1. The molecule has 2 aliphatic heterocycles.